The number of imidazole rings is 2. The Labute approximate surface area is 351 Å². The summed E-state index contributed by atoms with van der Waals surface area (Å²) in [5.41, 5.74) is 5.90. The summed E-state index contributed by atoms with van der Waals surface area (Å²) < 4.78 is 9.56. The van der Waals surface area contributed by atoms with Gasteiger partial charge in [-0.1, -0.05) is 63.0 Å². The van der Waals surface area contributed by atoms with Crippen molar-refractivity contribution in [3.05, 3.63) is 57.3 Å². The topological polar surface area (TPSA) is 175 Å². The average Bonchev–Trinajstić information content (AvgIpc) is 4.05. The Morgan fingerprint density at radius 3 is 1.81 bits per heavy atom. The summed E-state index contributed by atoms with van der Waals surface area (Å²) in [4.78, 5) is 73.6. The number of hydrogen-bond donors (Lipinski definition) is 4. The quantitative estimate of drug-likeness (QED) is 0.124. The van der Waals surface area contributed by atoms with Crippen LogP contribution in [0.5, 0.6) is 0 Å². The van der Waals surface area contributed by atoms with E-state index < -0.39 is 24.3 Å². The van der Waals surface area contributed by atoms with Crippen LogP contribution in [0.15, 0.2) is 24.3 Å². The number of hydrogen-bond acceptors (Lipinski definition) is 9. The molecule has 7 rings (SSSR count). The molecule has 4 amide bonds. The smallest absolute Gasteiger partial charge is 0.407 e. The molecule has 0 bridgehead atoms. The van der Waals surface area contributed by atoms with Crippen LogP contribution in [0, 0.1) is 11.8 Å². The van der Waals surface area contributed by atoms with Crippen LogP contribution in [0.1, 0.15) is 94.7 Å². The second kappa shape index (κ2) is 17.3. The van der Waals surface area contributed by atoms with Crippen molar-refractivity contribution >= 4 is 58.5 Å². The molecule has 2 aliphatic heterocycles. The minimum atomic E-state index is -0.731. The average molecular weight is 854 g/mol. The van der Waals surface area contributed by atoms with E-state index in [0.717, 1.165) is 66.6 Å². The Balaban J connectivity index is 1.12. The van der Waals surface area contributed by atoms with E-state index in [1.807, 2.05) is 27.7 Å². The van der Waals surface area contributed by atoms with Gasteiger partial charge in [0, 0.05) is 23.5 Å². The molecule has 58 heavy (non-hydrogen) atoms. The van der Waals surface area contributed by atoms with E-state index >= 15 is 0 Å². The molecule has 310 valence electrons. The molecule has 0 radical (unpaired) electrons. The molecule has 1 aromatic carbocycles. The number of carbonyl (C=O) groups is 4. The first-order chi connectivity index (χ1) is 27.8. The molecule has 4 N–H and O–H groups in total. The third kappa shape index (κ3) is 8.17. The highest BCUT2D eigenvalue weighted by Crippen LogP contribution is 2.45. The van der Waals surface area contributed by atoms with Crippen LogP contribution >= 0.6 is 34.5 Å². The van der Waals surface area contributed by atoms with Gasteiger partial charge in [-0.2, -0.15) is 0 Å². The molecule has 0 unspecified atom stereocenters. The fraction of sp³-hybridized carbons (Fsp3) is 0.512. The Kier molecular flexibility index (Phi) is 12.4. The summed E-state index contributed by atoms with van der Waals surface area (Å²) in [6, 6.07) is 6.48. The van der Waals surface area contributed by atoms with E-state index in [4.69, 9.17) is 42.6 Å². The second-order valence-corrected chi connectivity index (χ2v) is 17.6. The van der Waals surface area contributed by atoms with Gasteiger partial charge in [0.1, 0.15) is 23.7 Å². The molecule has 17 heteroatoms. The molecule has 3 aliphatic rings. The fourth-order valence-corrected chi connectivity index (χ4v) is 10.2. The number of likely N-dealkylation sites (tertiary alicyclic amines) is 2. The number of benzene rings is 1. The zero-order valence-corrected chi connectivity index (χ0v) is 35.9. The highest BCUT2D eigenvalue weighted by molar-refractivity contribution is 7.19. The van der Waals surface area contributed by atoms with E-state index in [-0.39, 0.29) is 35.7 Å². The van der Waals surface area contributed by atoms with Crippen LogP contribution in [0.25, 0.3) is 32.3 Å². The lowest BCUT2D eigenvalue weighted by Gasteiger charge is -2.29. The number of fused-ring (bicyclic) bond motifs is 3. The van der Waals surface area contributed by atoms with Crippen molar-refractivity contribution in [2.24, 2.45) is 11.8 Å². The highest BCUT2D eigenvalue weighted by atomic mass is 35.5. The summed E-state index contributed by atoms with van der Waals surface area (Å²) in [6.07, 6.45) is 4.49. The Morgan fingerprint density at radius 1 is 0.759 bits per heavy atom. The minimum absolute atomic E-state index is 0.139. The number of carbonyl (C=O) groups excluding carboxylic acids is 4. The van der Waals surface area contributed by atoms with E-state index in [0.29, 0.717) is 40.7 Å². The van der Waals surface area contributed by atoms with Gasteiger partial charge >= 0.3 is 12.2 Å². The first kappa shape index (κ1) is 41.6. The van der Waals surface area contributed by atoms with Crippen LogP contribution < -0.4 is 10.6 Å². The van der Waals surface area contributed by atoms with Crippen molar-refractivity contribution in [1.82, 2.24) is 40.4 Å². The zero-order valence-electron chi connectivity index (χ0n) is 33.5. The molecular weight excluding hydrogens is 803 g/mol. The largest absolute Gasteiger partial charge is 0.453 e. The summed E-state index contributed by atoms with van der Waals surface area (Å²) in [5, 5.41) is 6.08. The number of halogens is 2. The van der Waals surface area contributed by atoms with Gasteiger partial charge in [-0.15, -0.1) is 11.3 Å². The van der Waals surface area contributed by atoms with Crippen molar-refractivity contribution in [3.8, 4) is 32.3 Å². The number of alkyl carbamates (subject to hydrolysis) is 2. The maximum atomic E-state index is 13.7. The van der Waals surface area contributed by atoms with Gasteiger partial charge in [0.2, 0.25) is 11.8 Å². The molecule has 1 aliphatic carbocycles. The molecule has 3 aromatic heterocycles. The van der Waals surface area contributed by atoms with Gasteiger partial charge < -0.3 is 39.9 Å². The number of methoxy groups -OCH3 is 2. The molecule has 4 atom stereocenters. The third-order valence-electron chi connectivity index (χ3n) is 11.4. The number of amides is 4. The van der Waals surface area contributed by atoms with Crippen molar-refractivity contribution in [2.45, 2.75) is 96.8 Å². The number of H-pyrrole nitrogens is 2. The molecule has 5 heterocycles. The number of ether oxygens (including phenoxy) is 2. The number of nitrogens with one attached hydrogen (secondary N) is 4. The summed E-state index contributed by atoms with van der Waals surface area (Å²) in [6.45, 7) is 8.65. The maximum absolute atomic E-state index is 13.7. The van der Waals surface area contributed by atoms with Crippen LogP contribution in [-0.4, -0.2) is 93.1 Å². The van der Waals surface area contributed by atoms with E-state index in [1.165, 1.54) is 30.2 Å². The highest BCUT2D eigenvalue weighted by Gasteiger charge is 2.40. The van der Waals surface area contributed by atoms with Gasteiger partial charge in [0.05, 0.1) is 42.6 Å². The Hall–Kier alpha value is -4.60. The normalized spacial score (nSPS) is 18.8. The molecule has 0 spiro atoms. The van der Waals surface area contributed by atoms with Gasteiger partial charge in [0.25, 0.3) is 0 Å². The summed E-state index contributed by atoms with van der Waals surface area (Å²) in [5.74, 6) is 0.604. The van der Waals surface area contributed by atoms with E-state index in [9.17, 15) is 19.2 Å². The van der Waals surface area contributed by atoms with Crippen molar-refractivity contribution in [3.63, 3.8) is 0 Å². The molecule has 2 fully saturated rings. The number of aromatic nitrogens is 4. The number of rotatable bonds is 10. The third-order valence-corrected chi connectivity index (χ3v) is 13.2. The lowest BCUT2D eigenvalue weighted by molar-refractivity contribution is -0.136. The van der Waals surface area contributed by atoms with E-state index in [2.05, 4.69) is 44.9 Å². The van der Waals surface area contributed by atoms with E-state index in [1.54, 1.807) is 21.1 Å². The fourth-order valence-electron chi connectivity index (χ4n) is 8.41. The number of aryl methyl sites for hydroxylation is 2. The van der Waals surface area contributed by atoms with Gasteiger partial charge in [-0.3, -0.25) is 9.59 Å². The lowest BCUT2D eigenvalue weighted by atomic mass is 9.99. The van der Waals surface area contributed by atoms with Gasteiger partial charge in [-0.05, 0) is 85.6 Å². The van der Waals surface area contributed by atoms with Crippen molar-refractivity contribution < 1.29 is 28.7 Å². The van der Waals surface area contributed by atoms with Crippen LogP contribution in [0.2, 0.25) is 10.3 Å². The summed E-state index contributed by atoms with van der Waals surface area (Å²) >= 11 is 15.3. The van der Waals surface area contributed by atoms with Gasteiger partial charge in [-0.25, -0.2) is 19.6 Å². The number of nitrogens with zero attached hydrogens (tertiary/aromatic N) is 4. The van der Waals surface area contributed by atoms with Crippen molar-refractivity contribution in [2.75, 3.05) is 27.3 Å². The predicted octanol–water partition coefficient (Wildman–Crippen LogP) is 8.08. The van der Waals surface area contributed by atoms with Crippen LogP contribution in [0.4, 0.5) is 9.59 Å². The number of aromatic amines is 2. The van der Waals surface area contributed by atoms with Crippen LogP contribution in [-0.2, 0) is 31.9 Å². The number of thiophene rings is 1. The first-order valence-electron chi connectivity index (χ1n) is 19.9. The Morgan fingerprint density at radius 2 is 1.28 bits per heavy atom. The lowest BCUT2D eigenvalue weighted by Crippen LogP contribution is -2.51. The zero-order chi connectivity index (χ0) is 41.4. The summed E-state index contributed by atoms with van der Waals surface area (Å²) in [7, 11) is 2.56. The first-order valence-corrected chi connectivity index (χ1v) is 21.4. The monoisotopic (exact) mass is 852 g/mol. The molecular formula is C41H50Cl2N8O6S. The minimum Gasteiger partial charge on any atom is -0.453 e. The van der Waals surface area contributed by atoms with Gasteiger partial charge in [0.15, 0.2) is 10.3 Å². The molecule has 2 saturated heterocycles. The second-order valence-electron chi connectivity index (χ2n) is 15.9. The SMILES string of the molecule is COC(=O)N[C@H](C(=O)N1CCC[C@H]1c1nc(Cl)c(-c2ccc3c(c2)CCCc2cc(-c4[nH]c([C@@H]5CCCN5C(=O)[C@@H](NC(=O)OC)C(C)C)nc4Cl)sc2-3)[nH]1)C(C)C. The molecule has 14 nitrogen and oxygen atoms in total. The standard InChI is InChI=1S/C41H50Cl2N8O6S/c1-20(2)29(46-40(54)56-5)38(52)50-16-8-12-26(50)36-44-31(34(42)48-36)23-14-15-25-22(18-23)10-7-11-24-19-28(58-33(24)25)32-35(43)49-37(45-32)27-13-9-17-51(27)39(53)30(21(3)4)47-41(55)57-6/h14-15,18-21,26-27,29-30H,7-13,16-17H2,1-6H3,(H,44,48)(H,45,49)(H,46,54)(H,47,55)/t26-,27-,29-,30-/m0/s1. The Bertz CT molecular complexity index is 2200. The van der Waals surface area contributed by atoms with Crippen LogP contribution in [0.3, 0.4) is 0 Å². The van der Waals surface area contributed by atoms with Crippen molar-refractivity contribution in [1.29, 1.82) is 0 Å². The predicted molar refractivity (Wildman–Crippen MR) is 223 cm³/mol. The molecule has 4 aromatic rings. The maximum Gasteiger partial charge on any atom is 0.407 e. The molecule has 0 saturated carbocycles.